The number of benzene rings is 2. The lowest BCUT2D eigenvalue weighted by Gasteiger charge is -2.31. The van der Waals surface area contributed by atoms with Gasteiger partial charge in [0, 0.05) is 24.2 Å². The van der Waals surface area contributed by atoms with Crippen LogP contribution in [0.4, 0.5) is 0 Å². The molecule has 0 bridgehead atoms. The zero-order chi connectivity index (χ0) is 22.8. The minimum atomic E-state index is -0.842. The van der Waals surface area contributed by atoms with Gasteiger partial charge in [0.25, 0.3) is 24.4 Å². The number of amides is 2. The molecule has 10 nitrogen and oxygen atoms in total. The van der Waals surface area contributed by atoms with Crippen molar-refractivity contribution in [3.63, 3.8) is 0 Å². The second-order valence-corrected chi connectivity index (χ2v) is 6.72. The van der Waals surface area contributed by atoms with Crippen molar-refractivity contribution in [2.75, 3.05) is 39.5 Å². The first-order valence-electron chi connectivity index (χ1n) is 10.2. The normalized spacial score (nSPS) is 17.9. The molecule has 32 heavy (non-hydrogen) atoms. The average Bonchev–Trinajstić information content (AvgIpc) is 2.83. The summed E-state index contributed by atoms with van der Waals surface area (Å²) >= 11 is 0. The van der Waals surface area contributed by atoms with Gasteiger partial charge in [-0.2, -0.15) is 0 Å². The van der Waals surface area contributed by atoms with Crippen molar-refractivity contribution in [1.82, 2.24) is 10.6 Å². The molecule has 2 atom stereocenters. The van der Waals surface area contributed by atoms with E-state index >= 15 is 0 Å². The van der Waals surface area contributed by atoms with E-state index < -0.39 is 12.6 Å². The first kappa shape index (κ1) is 23.5. The van der Waals surface area contributed by atoms with Crippen LogP contribution >= 0.6 is 0 Å². The number of ether oxygens (including phenoxy) is 4. The molecule has 0 radical (unpaired) electrons. The van der Waals surface area contributed by atoms with Gasteiger partial charge >= 0.3 is 0 Å². The molecule has 2 amide bonds. The van der Waals surface area contributed by atoms with Crippen molar-refractivity contribution in [1.29, 1.82) is 0 Å². The predicted octanol–water partition coefficient (Wildman–Crippen LogP) is 0.288. The van der Waals surface area contributed by atoms with Gasteiger partial charge in [0.2, 0.25) is 0 Å². The molecule has 2 unspecified atom stereocenters. The zero-order valence-electron chi connectivity index (χ0n) is 17.4. The van der Waals surface area contributed by atoms with Gasteiger partial charge in [-0.25, -0.2) is 0 Å². The van der Waals surface area contributed by atoms with E-state index in [4.69, 9.17) is 29.2 Å². The van der Waals surface area contributed by atoms with Gasteiger partial charge in [-0.1, -0.05) is 0 Å². The Morgan fingerprint density at radius 3 is 1.47 bits per heavy atom. The lowest BCUT2D eigenvalue weighted by Crippen LogP contribution is -2.45. The molecule has 1 fully saturated rings. The maximum absolute atomic E-state index is 11.9. The van der Waals surface area contributed by atoms with Crippen LogP contribution in [0.2, 0.25) is 0 Å². The number of carbonyl (C=O) groups excluding carboxylic acids is 2. The van der Waals surface area contributed by atoms with Gasteiger partial charge in [-0.15, -0.1) is 0 Å². The number of aliphatic hydroxyl groups excluding tert-OH is 2. The summed E-state index contributed by atoms with van der Waals surface area (Å²) in [4.78, 5) is 23.8. The molecule has 1 heterocycles. The van der Waals surface area contributed by atoms with E-state index in [0.717, 1.165) is 0 Å². The van der Waals surface area contributed by atoms with E-state index in [9.17, 15) is 9.59 Å². The van der Waals surface area contributed by atoms with Gasteiger partial charge < -0.3 is 39.8 Å². The Morgan fingerprint density at radius 2 is 1.12 bits per heavy atom. The van der Waals surface area contributed by atoms with Gasteiger partial charge in [-0.05, 0) is 48.5 Å². The summed E-state index contributed by atoms with van der Waals surface area (Å²) in [6.07, 6.45) is -1.68. The third-order valence-electron chi connectivity index (χ3n) is 4.40. The molecular weight excluding hydrogens is 420 g/mol. The molecule has 4 N–H and O–H groups in total. The smallest absolute Gasteiger partial charge is 0.263 e. The predicted molar refractivity (Wildman–Crippen MR) is 112 cm³/mol. The summed E-state index contributed by atoms with van der Waals surface area (Å²) in [6, 6.07) is 12.9. The molecule has 1 aliphatic heterocycles. The largest absolute Gasteiger partial charge is 0.458 e. The van der Waals surface area contributed by atoms with Gasteiger partial charge in [0.05, 0.1) is 26.4 Å². The molecule has 1 aliphatic rings. The van der Waals surface area contributed by atoms with Crippen LogP contribution in [0.3, 0.4) is 0 Å². The van der Waals surface area contributed by atoms with Crippen molar-refractivity contribution in [3.05, 3.63) is 59.7 Å². The van der Waals surface area contributed by atoms with Crippen molar-refractivity contribution >= 4 is 11.8 Å². The van der Waals surface area contributed by atoms with Crippen LogP contribution in [-0.4, -0.2) is 74.1 Å². The Balaban J connectivity index is 1.59. The van der Waals surface area contributed by atoms with Crippen LogP contribution in [0.15, 0.2) is 48.5 Å². The highest BCUT2D eigenvalue weighted by molar-refractivity contribution is 5.94. The second-order valence-electron chi connectivity index (χ2n) is 6.72. The molecule has 0 aromatic heterocycles. The average molecular weight is 446 g/mol. The number of rotatable bonds is 10. The quantitative estimate of drug-likeness (QED) is 0.409. The summed E-state index contributed by atoms with van der Waals surface area (Å²) in [6.45, 7) is 0.752. The number of hydrogen-bond donors (Lipinski definition) is 4. The summed E-state index contributed by atoms with van der Waals surface area (Å²) in [7, 11) is 0. The van der Waals surface area contributed by atoms with Gasteiger partial charge in [0.15, 0.2) is 0 Å². The lowest BCUT2D eigenvalue weighted by molar-refractivity contribution is -0.271. The van der Waals surface area contributed by atoms with E-state index in [1.54, 1.807) is 48.5 Å². The Bertz CT molecular complexity index is 799. The van der Waals surface area contributed by atoms with Crippen LogP contribution in [-0.2, 0) is 9.47 Å². The highest BCUT2D eigenvalue weighted by atomic mass is 16.8. The molecule has 10 heteroatoms. The van der Waals surface area contributed by atoms with Crippen molar-refractivity contribution < 1.29 is 38.7 Å². The van der Waals surface area contributed by atoms with Crippen molar-refractivity contribution in [2.45, 2.75) is 12.6 Å². The number of nitrogens with one attached hydrogen (secondary N) is 2. The van der Waals surface area contributed by atoms with E-state index in [2.05, 4.69) is 10.6 Å². The van der Waals surface area contributed by atoms with Gasteiger partial charge in [-0.3, -0.25) is 9.59 Å². The van der Waals surface area contributed by atoms with Crippen LogP contribution in [0.1, 0.15) is 20.7 Å². The minimum Gasteiger partial charge on any atom is -0.458 e. The summed E-state index contributed by atoms with van der Waals surface area (Å²) < 4.78 is 22.9. The highest BCUT2D eigenvalue weighted by Gasteiger charge is 2.31. The van der Waals surface area contributed by atoms with Crippen LogP contribution in [0.25, 0.3) is 0 Å². The summed E-state index contributed by atoms with van der Waals surface area (Å²) in [5, 5.41) is 22.7. The van der Waals surface area contributed by atoms with Crippen molar-refractivity contribution in [2.24, 2.45) is 0 Å². The molecule has 172 valence electrons. The topological polar surface area (TPSA) is 136 Å². The highest BCUT2D eigenvalue weighted by Crippen LogP contribution is 2.22. The number of hydrogen-bond acceptors (Lipinski definition) is 8. The molecule has 2 aromatic rings. The molecule has 1 saturated heterocycles. The first-order chi connectivity index (χ1) is 15.6. The molecular formula is C22H26N2O8. The maximum atomic E-state index is 11.9. The number of aliphatic hydroxyl groups is 2. The van der Waals surface area contributed by atoms with Crippen LogP contribution in [0, 0.1) is 0 Å². The maximum Gasteiger partial charge on any atom is 0.263 e. The third-order valence-corrected chi connectivity index (χ3v) is 4.40. The molecule has 0 aliphatic carbocycles. The van der Waals surface area contributed by atoms with Crippen LogP contribution in [0.5, 0.6) is 11.5 Å². The van der Waals surface area contributed by atoms with E-state index in [1.807, 2.05) is 0 Å². The molecule has 2 aromatic carbocycles. The Labute approximate surface area is 185 Å². The molecule has 0 spiro atoms. The SMILES string of the molecule is O=C(NCCO)c1ccc(OC2OCCOC2Oc2ccc(C(=O)NCCO)cc2)cc1. The zero-order valence-corrected chi connectivity index (χ0v) is 17.4. The molecule has 0 saturated carbocycles. The minimum absolute atomic E-state index is 0.132. The number of carbonyl (C=O) groups is 2. The first-order valence-corrected chi connectivity index (χ1v) is 10.2. The summed E-state index contributed by atoms with van der Waals surface area (Å²) in [5.74, 6) is 0.336. The fourth-order valence-electron chi connectivity index (χ4n) is 2.85. The Kier molecular flexibility index (Phi) is 8.81. The Hall–Kier alpha value is -3.18. The van der Waals surface area contributed by atoms with Crippen molar-refractivity contribution in [3.8, 4) is 11.5 Å². The van der Waals surface area contributed by atoms with E-state index in [0.29, 0.717) is 35.8 Å². The van der Waals surface area contributed by atoms with E-state index in [-0.39, 0.29) is 38.1 Å². The van der Waals surface area contributed by atoms with Crippen LogP contribution < -0.4 is 20.1 Å². The van der Waals surface area contributed by atoms with Gasteiger partial charge in [0.1, 0.15) is 11.5 Å². The summed E-state index contributed by atoms with van der Waals surface area (Å²) in [5.41, 5.74) is 0.866. The van der Waals surface area contributed by atoms with E-state index in [1.165, 1.54) is 0 Å². The third kappa shape index (κ3) is 6.66. The fourth-order valence-corrected chi connectivity index (χ4v) is 2.85. The fraction of sp³-hybridized carbons (Fsp3) is 0.364. The second kappa shape index (κ2) is 12.0. The monoisotopic (exact) mass is 446 g/mol. The Morgan fingerprint density at radius 1 is 0.750 bits per heavy atom. The lowest BCUT2D eigenvalue weighted by atomic mass is 10.2. The standard InChI is InChI=1S/C22H26N2O8/c25-11-9-23-19(27)15-1-5-17(6-2-15)31-21-22(30-14-13-29-21)32-18-7-3-16(4-8-18)20(28)24-10-12-26/h1-8,21-22,25-26H,9-14H2,(H,23,27)(H,24,28). The molecule has 3 rings (SSSR count).